The molecular formula is C13H14FN3O2. The molecule has 0 radical (unpaired) electrons. The average Bonchev–Trinajstić information content (AvgIpc) is 2.83. The Bertz CT molecular complexity index is 569. The van der Waals surface area contributed by atoms with Crippen LogP contribution in [0, 0.1) is 5.82 Å². The molecule has 2 aromatic rings. The number of halogens is 1. The summed E-state index contributed by atoms with van der Waals surface area (Å²) < 4.78 is 20.0. The number of aryl methyl sites for hydroxylation is 1. The lowest BCUT2D eigenvalue weighted by molar-refractivity contribution is 0.0946. The number of hydrogen-bond donors (Lipinski definition) is 1. The molecule has 1 heterocycles. The van der Waals surface area contributed by atoms with Gasteiger partial charge in [-0.25, -0.2) is 4.39 Å². The number of benzene rings is 1. The number of hydrogen-bond acceptors (Lipinski definition) is 3. The van der Waals surface area contributed by atoms with Crippen molar-refractivity contribution in [2.75, 3.05) is 13.2 Å². The fourth-order valence-corrected chi connectivity index (χ4v) is 1.53. The molecule has 5 nitrogen and oxygen atoms in total. The van der Waals surface area contributed by atoms with Crippen LogP contribution in [-0.2, 0) is 7.05 Å². The number of amides is 1. The highest BCUT2D eigenvalue weighted by molar-refractivity contribution is 5.93. The van der Waals surface area contributed by atoms with E-state index in [1.54, 1.807) is 30.1 Å². The third kappa shape index (κ3) is 3.54. The van der Waals surface area contributed by atoms with Gasteiger partial charge >= 0.3 is 0 Å². The number of rotatable bonds is 5. The second-order valence-electron chi connectivity index (χ2n) is 3.94. The molecule has 1 aromatic carbocycles. The third-order valence-electron chi connectivity index (χ3n) is 2.45. The van der Waals surface area contributed by atoms with Gasteiger partial charge in [-0.1, -0.05) is 12.1 Å². The highest BCUT2D eigenvalue weighted by atomic mass is 19.1. The first kappa shape index (κ1) is 13.1. The molecule has 1 N–H and O–H groups in total. The Hall–Kier alpha value is -2.37. The molecule has 0 aliphatic heterocycles. The van der Waals surface area contributed by atoms with Gasteiger partial charge < -0.3 is 10.1 Å². The largest absolute Gasteiger partial charge is 0.489 e. The van der Waals surface area contributed by atoms with Crippen LogP contribution in [0.15, 0.2) is 36.7 Å². The van der Waals surface area contributed by atoms with E-state index in [0.717, 1.165) is 0 Å². The van der Waals surface area contributed by atoms with Crippen LogP contribution in [-0.4, -0.2) is 28.8 Å². The first-order valence-electron chi connectivity index (χ1n) is 5.81. The van der Waals surface area contributed by atoms with Gasteiger partial charge in [-0.15, -0.1) is 0 Å². The van der Waals surface area contributed by atoms with E-state index >= 15 is 0 Å². The number of carbonyl (C=O) groups excluding carboxylic acids is 1. The molecule has 0 aliphatic carbocycles. The summed E-state index contributed by atoms with van der Waals surface area (Å²) in [7, 11) is 1.73. The van der Waals surface area contributed by atoms with Crippen molar-refractivity contribution in [3.8, 4) is 5.75 Å². The summed E-state index contributed by atoms with van der Waals surface area (Å²) in [6.07, 6.45) is 3.10. The van der Waals surface area contributed by atoms with Gasteiger partial charge in [0.05, 0.1) is 18.3 Å². The van der Waals surface area contributed by atoms with E-state index in [-0.39, 0.29) is 18.3 Å². The molecular weight excluding hydrogens is 249 g/mol. The van der Waals surface area contributed by atoms with Gasteiger partial charge in [0.25, 0.3) is 5.91 Å². The summed E-state index contributed by atoms with van der Waals surface area (Å²) in [6, 6.07) is 6.14. The van der Waals surface area contributed by atoms with Crippen molar-refractivity contribution in [2.24, 2.45) is 7.05 Å². The van der Waals surface area contributed by atoms with Gasteiger partial charge in [-0.05, 0) is 12.1 Å². The summed E-state index contributed by atoms with van der Waals surface area (Å²) in [5.41, 5.74) is 0.480. The van der Waals surface area contributed by atoms with Crippen LogP contribution in [0.1, 0.15) is 10.4 Å². The van der Waals surface area contributed by atoms with Gasteiger partial charge in [0, 0.05) is 13.2 Å². The van der Waals surface area contributed by atoms with E-state index in [1.807, 2.05) is 0 Å². The average molecular weight is 263 g/mol. The van der Waals surface area contributed by atoms with Crippen LogP contribution in [0.25, 0.3) is 0 Å². The molecule has 1 amide bonds. The lowest BCUT2D eigenvalue weighted by Gasteiger charge is -2.07. The third-order valence-corrected chi connectivity index (χ3v) is 2.45. The molecule has 0 atom stereocenters. The van der Waals surface area contributed by atoms with E-state index in [2.05, 4.69) is 10.4 Å². The zero-order valence-corrected chi connectivity index (χ0v) is 10.5. The molecule has 0 saturated carbocycles. The molecule has 0 fully saturated rings. The Morgan fingerprint density at radius 1 is 1.47 bits per heavy atom. The zero-order chi connectivity index (χ0) is 13.7. The maximum atomic E-state index is 13.2. The van der Waals surface area contributed by atoms with Crippen molar-refractivity contribution < 1.29 is 13.9 Å². The SMILES string of the molecule is Cn1cc(C(=O)NCCOc2ccccc2F)cn1. The number of nitrogens with zero attached hydrogens (tertiary/aromatic N) is 2. The minimum absolute atomic E-state index is 0.179. The molecule has 0 aliphatic rings. The van der Waals surface area contributed by atoms with Gasteiger partial charge in [0.1, 0.15) is 6.61 Å². The molecule has 2 rings (SSSR count). The number of ether oxygens (including phenoxy) is 1. The van der Waals surface area contributed by atoms with Crippen LogP contribution < -0.4 is 10.1 Å². The van der Waals surface area contributed by atoms with Gasteiger partial charge in [-0.3, -0.25) is 9.48 Å². The van der Waals surface area contributed by atoms with Gasteiger partial charge in [-0.2, -0.15) is 5.10 Å². The van der Waals surface area contributed by atoms with Crippen molar-refractivity contribution in [1.29, 1.82) is 0 Å². The van der Waals surface area contributed by atoms with E-state index in [9.17, 15) is 9.18 Å². The number of carbonyl (C=O) groups is 1. The minimum atomic E-state index is -0.416. The smallest absolute Gasteiger partial charge is 0.254 e. The monoisotopic (exact) mass is 263 g/mol. The zero-order valence-electron chi connectivity index (χ0n) is 10.5. The van der Waals surface area contributed by atoms with E-state index < -0.39 is 5.82 Å². The normalized spacial score (nSPS) is 10.2. The summed E-state index contributed by atoms with van der Waals surface area (Å²) in [6.45, 7) is 0.495. The van der Waals surface area contributed by atoms with E-state index in [4.69, 9.17) is 4.74 Å². The Kier molecular flexibility index (Phi) is 4.12. The van der Waals surface area contributed by atoms with Gasteiger partial charge in [0.15, 0.2) is 11.6 Å². The summed E-state index contributed by atoms with van der Waals surface area (Å²) in [4.78, 5) is 11.6. The Morgan fingerprint density at radius 3 is 2.95 bits per heavy atom. The Morgan fingerprint density at radius 2 is 2.26 bits per heavy atom. The highest BCUT2D eigenvalue weighted by Crippen LogP contribution is 2.14. The van der Waals surface area contributed by atoms with Crippen molar-refractivity contribution in [3.05, 3.63) is 48.0 Å². The molecule has 0 saturated heterocycles. The molecule has 0 bridgehead atoms. The van der Waals surface area contributed by atoms with Crippen molar-refractivity contribution in [2.45, 2.75) is 0 Å². The fourth-order valence-electron chi connectivity index (χ4n) is 1.53. The lowest BCUT2D eigenvalue weighted by atomic mass is 10.3. The first-order chi connectivity index (χ1) is 9.16. The van der Waals surface area contributed by atoms with Crippen LogP contribution in [0.4, 0.5) is 4.39 Å². The first-order valence-corrected chi connectivity index (χ1v) is 5.81. The highest BCUT2D eigenvalue weighted by Gasteiger charge is 2.07. The molecule has 100 valence electrons. The van der Waals surface area contributed by atoms with Gasteiger partial charge in [0.2, 0.25) is 0 Å². The Labute approximate surface area is 110 Å². The Balaban J connectivity index is 1.75. The second-order valence-corrected chi connectivity index (χ2v) is 3.94. The molecule has 19 heavy (non-hydrogen) atoms. The summed E-state index contributed by atoms with van der Waals surface area (Å²) >= 11 is 0. The topological polar surface area (TPSA) is 56.2 Å². The second kappa shape index (κ2) is 5.99. The van der Waals surface area contributed by atoms with Crippen molar-refractivity contribution in [1.82, 2.24) is 15.1 Å². The molecule has 6 heteroatoms. The molecule has 0 unspecified atom stereocenters. The summed E-state index contributed by atoms with van der Waals surface area (Å²) in [5, 5.41) is 6.56. The van der Waals surface area contributed by atoms with Crippen molar-refractivity contribution >= 4 is 5.91 Å². The summed E-state index contributed by atoms with van der Waals surface area (Å²) in [5.74, 6) is -0.468. The number of aromatic nitrogens is 2. The molecule has 1 aromatic heterocycles. The van der Waals surface area contributed by atoms with Crippen LogP contribution in [0.5, 0.6) is 5.75 Å². The predicted octanol–water partition coefficient (Wildman–Crippen LogP) is 1.37. The van der Waals surface area contributed by atoms with Crippen LogP contribution in [0.3, 0.4) is 0 Å². The van der Waals surface area contributed by atoms with E-state index in [0.29, 0.717) is 12.1 Å². The molecule has 0 spiro atoms. The number of para-hydroxylation sites is 1. The predicted molar refractivity (Wildman–Crippen MR) is 67.4 cm³/mol. The minimum Gasteiger partial charge on any atom is -0.489 e. The van der Waals surface area contributed by atoms with Crippen LogP contribution in [0.2, 0.25) is 0 Å². The maximum absolute atomic E-state index is 13.2. The standard InChI is InChI=1S/C13H14FN3O2/c1-17-9-10(8-16-17)13(18)15-6-7-19-12-5-3-2-4-11(12)14/h2-5,8-9H,6-7H2,1H3,(H,15,18). The van der Waals surface area contributed by atoms with E-state index in [1.165, 1.54) is 18.3 Å². The fraction of sp³-hybridized carbons (Fsp3) is 0.231. The number of nitrogens with one attached hydrogen (secondary N) is 1. The van der Waals surface area contributed by atoms with Crippen molar-refractivity contribution in [3.63, 3.8) is 0 Å². The quantitative estimate of drug-likeness (QED) is 0.829. The maximum Gasteiger partial charge on any atom is 0.254 e. The van der Waals surface area contributed by atoms with Crippen LogP contribution >= 0.6 is 0 Å². The lowest BCUT2D eigenvalue weighted by Crippen LogP contribution is -2.27.